The van der Waals surface area contributed by atoms with E-state index in [0.29, 0.717) is 19.0 Å². The topological polar surface area (TPSA) is 15.3 Å². The van der Waals surface area contributed by atoms with Gasteiger partial charge in [-0.2, -0.15) is 13.2 Å². The summed E-state index contributed by atoms with van der Waals surface area (Å²) >= 11 is 0. The van der Waals surface area contributed by atoms with E-state index in [0.717, 1.165) is 6.54 Å². The third kappa shape index (κ3) is 9.80. The Balaban J connectivity index is 3.40. The second-order valence-electron chi connectivity index (χ2n) is 3.95. The van der Waals surface area contributed by atoms with Crippen LogP contribution in [0.3, 0.4) is 0 Å². The van der Waals surface area contributed by atoms with E-state index in [2.05, 4.69) is 19.2 Å². The fourth-order valence-electron chi connectivity index (χ4n) is 1.05. The van der Waals surface area contributed by atoms with E-state index >= 15 is 0 Å². The third-order valence-corrected chi connectivity index (χ3v) is 1.67. The smallest absolute Gasteiger partial charge is 0.315 e. The molecule has 0 aromatic carbocycles. The fourth-order valence-corrected chi connectivity index (χ4v) is 1.05. The lowest BCUT2D eigenvalue weighted by atomic mass is 10.2. The molecule has 0 atom stereocenters. The highest BCUT2D eigenvalue weighted by Gasteiger charge is 2.28. The van der Waals surface area contributed by atoms with Crippen LogP contribution in [0, 0.1) is 5.92 Å². The van der Waals surface area contributed by atoms with Crippen LogP contribution in [0.25, 0.3) is 0 Å². The van der Waals surface area contributed by atoms with Gasteiger partial charge in [-0.05, 0) is 19.5 Å². The Labute approximate surface area is 83.5 Å². The number of nitrogens with one attached hydrogen (secondary N) is 1. The summed E-state index contributed by atoms with van der Waals surface area (Å²) in [5, 5.41) is 3.09. The molecule has 0 bridgehead atoms. The van der Waals surface area contributed by atoms with Gasteiger partial charge in [0.25, 0.3) is 0 Å². The lowest BCUT2D eigenvalue weighted by Gasteiger charge is -2.18. The SMILES string of the molecule is CC(C)CNCCN(C)CC(F)(F)F. The number of nitrogens with zero attached hydrogens (tertiary/aromatic N) is 1. The molecule has 2 nitrogen and oxygen atoms in total. The van der Waals surface area contributed by atoms with Crippen LogP contribution >= 0.6 is 0 Å². The Kier molecular flexibility index (Phi) is 6.11. The molecule has 0 heterocycles. The van der Waals surface area contributed by atoms with Crippen molar-refractivity contribution in [1.82, 2.24) is 10.2 Å². The van der Waals surface area contributed by atoms with Crippen molar-refractivity contribution in [1.29, 1.82) is 0 Å². The Morgan fingerprint density at radius 2 is 1.86 bits per heavy atom. The molecule has 0 aliphatic heterocycles. The highest BCUT2D eigenvalue weighted by Crippen LogP contribution is 2.14. The van der Waals surface area contributed by atoms with Gasteiger partial charge in [-0.1, -0.05) is 13.8 Å². The molecule has 0 aromatic rings. The largest absolute Gasteiger partial charge is 0.401 e. The van der Waals surface area contributed by atoms with Crippen molar-refractivity contribution in [2.24, 2.45) is 5.92 Å². The van der Waals surface area contributed by atoms with Gasteiger partial charge in [-0.3, -0.25) is 4.90 Å². The van der Waals surface area contributed by atoms with Gasteiger partial charge in [0, 0.05) is 13.1 Å². The van der Waals surface area contributed by atoms with Gasteiger partial charge in [0.05, 0.1) is 6.54 Å². The fraction of sp³-hybridized carbons (Fsp3) is 1.00. The number of hydrogen-bond donors (Lipinski definition) is 1. The third-order valence-electron chi connectivity index (χ3n) is 1.67. The van der Waals surface area contributed by atoms with Gasteiger partial charge in [0.2, 0.25) is 0 Å². The summed E-state index contributed by atoms with van der Waals surface area (Å²) in [6.07, 6.45) is -4.09. The molecular weight excluding hydrogens is 193 g/mol. The van der Waals surface area contributed by atoms with Crippen LogP contribution in [0.2, 0.25) is 0 Å². The second kappa shape index (κ2) is 6.24. The molecule has 0 aromatic heterocycles. The molecule has 0 aliphatic rings. The first-order valence-corrected chi connectivity index (χ1v) is 4.77. The summed E-state index contributed by atoms with van der Waals surface area (Å²) in [5.41, 5.74) is 0. The number of halogens is 3. The summed E-state index contributed by atoms with van der Waals surface area (Å²) in [6.45, 7) is 5.16. The molecule has 0 unspecified atom stereocenters. The first-order chi connectivity index (χ1) is 6.31. The lowest BCUT2D eigenvalue weighted by Crippen LogP contribution is -2.36. The normalized spacial score (nSPS) is 12.9. The number of rotatable bonds is 6. The molecule has 5 heteroatoms. The van der Waals surface area contributed by atoms with E-state index in [1.165, 1.54) is 11.9 Å². The van der Waals surface area contributed by atoms with E-state index in [4.69, 9.17) is 0 Å². The van der Waals surface area contributed by atoms with Crippen molar-refractivity contribution in [2.45, 2.75) is 20.0 Å². The molecule has 0 saturated heterocycles. The molecule has 0 spiro atoms. The highest BCUT2D eigenvalue weighted by atomic mass is 19.4. The number of alkyl halides is 3. The second-order valence-corrected chi connectivity index (χ2v) is 3.95. The van der Waals surface area contributed by atoms with Gasteiger partial charge < -0.3 is 5.32 Å². The molecule has 14 heavy (non-hydrogen) atoms. The maximum absolute atomic E-state index is 11.9. The molecule has 0 rings (SSSR count). The summed E-state index contributed by atoms with van der Waals surface area (Å²) in [6, 6.07) is 0. The van der Waals surface area contributed by atoms with Crippen LogP contribution < -0.4 is 5.32 Å². The molecule has 86 valence electrons. The van der Waals surface area contributed by atoms with Crippen LogP contribution in [-0.2, 0) is 0 Å². The van der Waals surface area contributed by atoms with Crippen molar-refractivity contribution in [3.05, 3.63) is 0 Å². The minimum Gasteiger partial charge on any atom is -0.315 e. The predicted octanol–water partition coefficient (Wildman–Crippen LogP) is 1.73. The molecule has 0 aliphatic carbocycles. The highest BCUT2D eigenvalue weighted by molar-refractivity contribution is 4.60. The molecule has 1 N–H and O–H groups in total. The average Bonchev–Trinajstić information content (AvgIpc) is 1.94. The lowest BCUT2D eigenvalue weighted by molar-refractivity contribution is -0.142. The minimum atomic E-state index is -4.09. The van der Waals surface area contributed by atoms with Gasteiger partial charge in [0.1, 0.15) is 0 Å². The van der Waals surface area contributed by atoms with Crippen molar-refractivity contribution < 1.29 is 13.2 Å². The van der Waals surface area contributed by atoms with Gasteiger partial charge in [-0.15, -0.1) is 0 Å². The average molecular weight is 212 g/mol. The molecule has 0 saturated carbocycles. The van der Waals surface area contributed by atoms with Crippen LogP contribution in [0.15, 0.2) is 0 Å². The Bertz CT molecular complexity index is 145. The first-order valence-electron chi connectivity index (χ1n) is 4.77. The van der Waals surface area contributed by atoms with E-state index in [1.807, 2.05) is 0 Å². The predicted molar refractivity (Wildman–Crippen MR) is 51.3 cm³/mol. The summed E-state index contributed by atoms with van der Waals surface area (Å²) in [4.78, 5) is 1.27. The monoisotopic (exact) mass is 212 g/mol. The van der Waals surface area contributed by atoms with Gasteiger partial charge in [-0.25, -0.2) is 0 Å². The zero-order valence-corrected chi connectivity index (χ0v) is 8.99. The van der Waals surface area contributed by atoms with Crippen LogP contribution in [-0.4, -0.2) is 44.3 Å². The van der Waals surface area contributed by atoms with Crippen molar-refractivity contribution >= 4 is 0 Å². The van der Waals surface area contributed by atoms with E-state index < -0.39 is 12.7 Å². The Morgan fingerprint density at radius 3 is 2.29 bits per heavy atom. The maximum Gasteiger partial charge on any atom is 0.401 e. The minimum absolute atomic E-state index is 0.423. The Morgan fingerprint density at radius 1 is 1.29 bits per heavy atom. The zero-order valence-electron chi connectivity index (χ0n) is 8.99. The van der Waals surface area contributed by atoms with Crippen LogP contribution in [0.1, 0.15) is 13.8 Å². The van der Waals surface area contributed by atoms with Gasteiger partial charge >= 0.3 is 6.18 Å². The number of hydrogen-bond acceptors (Lipinski definition) is 2. The maximum atomic E-state index is 11.9. The van der Waals surface area contributed by atoms with E-state index in [9.17, 15) is 13.2 Å². The van der Waals surface area contributed by atoms with Crippen molar-refractivity contribution in [3.63, 3.8) is 0 Å². The zero-order chi connectivity index (χ0) is 11.2. The first kappa shape index (κ1) is 13.7. The Hall–Kier alpha value is -0.290. The summed E-state index contributed by atoms with van der Waals surface area (Å²) in [5.74, 6) is 0.530. The van der Waals surface area contributed by atoms with E-state index in [-0.39, 0.29) is 0 Å². The quantitative estimate of drug-likeness (QED) is 0.674. The summed E-state index contributed by atoms with van der Waals surface area (Å²) < 4.78 is 35.6. The molecule has 0 amide bonds. The summed E-state index contributed by atoms with van der Waals surface area (Å²) in [7, 11) is 1.48. The van der Waals surface area contributed by atoms with Crippen LogP contribution in [0.4, 0.5) is 13.2 Å². The van der Waals surface area contributed by atoms with Crippen molar-refractivity contribution in [3.8, 4) is 0 Å². The van der Waals surface area contributed by atoms with Crippen LogP contribution in [0.5, 0.6) is 0 Å². The molecular formula is C9H19F3N2. The van der Waals surface area contributed by atoms with Gasteiger partial charge in [0.15, 0.2) is 0 Å². The standard InChI is InChI=1S/C9H19F3N2/c1-8(2)6-13-4-5-14(3)7-9(10,11)12/h8,13H,4-7H2,1-3H3. The van der Waals surface area contributed by atoms with E-state index in [1.54, 1.807) is 0 Å². The van der Waals surface area contributed by atoms with Crippen molar-refractivity contribution in [2.75, 3.05) is 33.2 Å². The number of likely N-dealkylation sites (N-methyl/N-ethyl adjacent to an activating group) is 1. The molecule has 0 fully saturated rings. The molecule has 0 radical (unpaired) electrons.